The summed E-state index contributed by atoms with van der Waals surface area (Å²) in [6, 6.07) is 3.37. The number of phenolic OH excluding ortho intramolecular Hbond substituents is 4. The molecular weight excluding hydrogens is 568 g/mol. The van der Waals surface area contributed by atoms with E-state index in [1.165, 1.54) is 0 Å². The normalized spacial score (nSPS) is 11.9. The summed E-state index contributed by atoms with van der Waals surface area (Å²) in [4.78, 5) is 24.3. The molecule has 0 unspecified atom stereocenters. The standard InChI is InChI=1S/C34H50O10/c1-21-19-23(31(39)27(29(21)37)33(3,4)5)9-11-25(35)43-17-15-41-13-14-42-16-18-44-26(36)12-10-24-20-22(2)30(38)28(32(24)40)34(6,7)8/h19-20,37-40H,9-18H2,1-8H3. The molecule has 0 bridgehead atoms. The van der Waals surface area contributed by atoms with E-state index >= 15 is 0 Å². The molecule has 0 amide bonds. The maximum absolute atomic E-state index is 12.2. The van der Waals surface area contributed by atoms with Crippen molar-refractivity contribution in [2.45, 2.75) is 91.9 Å². The van der Waals surface area contributed by atoms with E-state index in [4.69, 9.17) is 18.9 Å². The summed E-state index contributed by atoms with van der Waals surface area (Å²) in [6.07, 6.45) is 0.726. The van der Waals surface area contributed by atoms with Gasteiger partial charge in [0.25, 0.3) is 0 Å². The van der Waals surface area contributed by atoms with Crippen molar-refractivity contribution in [1.82, 2.24) is 0 Å². The Hall–Kier alpha value is -3.50. The summed E-state index contributed by atoms with van der Waals surface area (Å²) in [7, 11) is 0. The van der Waals surface area contributed by atoms with Gasteiger partial charge in [0.05, 0.1) is 26.4 Å². The monoisotopic (exact) mass is 618 g/mol. The van der Waals surface area contributed by atoms with Crippen LogP contribution in [0.15, 0.2) is 12.1 Å². The summed E-state index contributed by atoms with van der Waals surface area (Å²) in [5.41, 5.74) is 2.46. The molecule has 2 aromatic carbocycles. The fourth-order valence-corrected chi connectivity index (χ4v) is 4.91. The Morgan fingerprint density at radius 1 is 0.568 bits per heavy atom. The molecule has 0 saturated heterocycles. The number of rotatable bonds is 15. The topological polar surface area (TPSA) is 152 Å². The second kappa shape index (κ2) is 16.0. The molecule has 246 valence electrons. The lowest BCUT2D eigenvalue weighted by Crippen LogP contribution is -2.16. The van der Waals surface area contributed by atoms with Gasteiger partial charge in [-0.05, 0) is 71.9 Å². The molecule has 2 aromatic rings. The van der Waals surface area contributed by atoms with E-state index in [9.17, 15) is 30.0 Å². The SMILES string of the molecule is Cc1cc(CCC(=O)OCCOCCOCCOC(=O)CCc2cc(C)c(O)c(C(C)(C)C)c2O)c(O)c(C(C)(C)C)c1O. The van der Waals surface area contributed by atoms with E-state index in [1.807, 2.05) is 41.5 Å². The number of ether oxygens (including phenoxy) is 4. The van der Waals surface area contributed by atoms with Gasteiger partial charge in [-0.25, -0.2) is 0 Å². The van der Waals surface area contributed by atoms with Crippen LogP contribution in [0.2, 0.25) is 0 Å². The van der Waals surface area contributed by atoms with Gasteiger partial charge in [-0.1, -0.05) is 41.5 Å². The van der Waals surface area contributed by atoms with Gasteiger partial charge in [0.2, 0.25) is 0 Å². The Kier molecular flexibility index (Phi) is 13.3. The quantitative estimate of drug-likeness (QED) is 0.151. The number of aryl methyl sites for hydroxylation is 4. The van der Waals surface area contributed by atoms with Gasteiger partial charge < -0.3 is 39.4 Å². The van der Waals surface area contributed by atoms with E-state index in [-0.39, 0.29) is 88.3 Å². The number of aromatic hydroxyl groups is 4. The van der Waals surface area contributed by atoms with Crippen LogP contribution in [0.3, 0.4) is 0 Å². The molecule has 0 aliphatic heterocycles. The van der Waals surface area contributed by atoms with Crippen LogP contribution in [0.1, 0.15) is 87.8 Å². The van der Waals surface area contributed by atoms with Crippen molar-refractivity contribution in [2.24, 2.45) is 0 Å². The Morgan fingerprint density at radius 2 is 0.886 bits per heavy atom. The molecule has 0 radical (unpaired) electrons. The first-order valence-electron chi connectivity index (χ1n) is 15.0. The summed E-state index contributed by atoms with van der Waals surface area (Å²) in [6.45, 7) is 16.0. The Morgan fingerprint density at radius 3 is 1.20 bits per heavy atom. The maximum atomic E-state index is 12.2. The Bertz CT molecular complexity index is 1190. The largest absolute Gasteiger partial charge is 0.507 e. The highest BCUT2D eigenvalue weighted by Crippen LogP contribution is 2.43. The average Bonchev–Trinajstić information content (AvgIpc) is 2.91. The number of phenols is 4. The highest BCUT2D eigenvalue weighted by Gasteiger charge is 2.27. The molecule has 0 aliphatic carbocycles. The lowest BCUT2D eigenvalue weighted by atomic mass is 9.82. The summed E-state index contributed by atoms with van der Waals surface area (Å²) >= 11 is 0. The van der Waals surface area contributed by atoms with E-state index in [1.54, 1.807) is 26.0 Å². The van der Waals surface area contributed by atoms with E-state index in [0.29, 0.717) is 33.4 Å². The van der Waals surface area contributed by atoms with Crippen LogP contribution < -0.4 is 0 Å². The molecule has 0 spiro atoms. The van der Waals surface area contributed by atoms with Crippen molar-refractivity contribution in [3.8, 4) is 23.0 Å². The minimum Gasteiger partial charge on any atom is -0.507 e. The minimum atomic E-state index is -0.460. The van der Waals surface area contributed by atoms with Gasteiger partial charge in [-0.2, -0.15) is 0 Å². The number of hydrogen-bond donors (Lipinski definition) is 4. The first kappa shape index (κ1) is 36.7. The molecular formula is C34H50O10. The molecule has 0 fully saturated rings. The molecule has 4 N–H and O–H groups in total. The van der Waals surface area contributed by atoms with Crippen molar-refractivity contribution in [2.75, 3.05) is 39.6 Å². The lowest BCUT2D eigenvalue weighted by molar-refractivity contribution is -0.147. The predicted octanol–water partition coefficient (Wildman–Crippen LogP) is 5.41. The van der Waals surface area contributed by atoms with Crippen molar-refractivity contribution in [3.05, 3.63) is 45.5 Å². The lowest BCUT2D eigenvalue weighted by Gasteiger charge is -2.24. The minimum absolute atomic E-state index is 0.00523. The number of benzene rings is 2. The molecule has 44 heavy (non-hydrogen) atoms. The second-order valence-electron chi connectivity index (χ2n) is 13.0. The van der Waals surface area contributed by atoms with Crippen LogP contribution in [-0.4, -0.2) is 72.0 Å². The van der Waals surface area contributed by atoms with Gasteiger partial charge >= 0.3 is 11.9 Å². The van der Waals surface area contributed by atoms with Crippen LogP contribution in [-0.2, 0) is 52.2 Å². The second-order valence-corrected chi connectivity index (χ2v) is 13.0. The summed E-state index contributed by atoms with van der Waals surface area (Å²) in [5.74, 6) is -0.690. The molecule has 0 saturated carbocycles. The van der Waals surface area contributed by atoms with Crippen LogP contribution >= 0.6 is 0 Å². The molecule has 0 atom stereocenters. The maximum Gasteiger partial charge on any atom is 0.306 e. The van der Waals surface area contributed by atoms with E-state index in [0.717, 1.165) is 0 Å². The zero-order valence-corrected chi connectivity index (χ0v) is 27.5. The molecule has 10 nitrogen and oxygen atoms in total. The molecule has 0 heterocycles. The van der Waals surface area contributed by atoms with E-state index < -0.39 is 22.8 Å². The van der Waals surface area contributed by atoms with Crippen LogP contribution in [0.4, 0.5) is 0 Å². The highest BCUT2D eigenvalue weighted by atomic mass is 16.6. The zero-order valence-electron chi connectivity index (χ0n) is 27.5. The third kappa shape index (κ3) is 10.6. The first-order chi connectivity index (χ1) is 20.4. The zero-order chi connectivity index (χ0) is 33.2. The number of carbonyl (C=O) groups is 2. The van der Waals surface area contributed by atoms with Gasteiger partial charge in [0.15, 0.2) is 0 Å². The predicted molar refractivity (Wildman–Crippen MR) is 167 cm³/mol. The molecule has 10 heteroatoms. The number of hydrogen-bond acceptors (Lipinski definition) is 10. The Balaban J connectivity index is 1.58. The van der Waals surface area contributed by atoms with Crippen LogP contribution in [0.25, 0.3) is 0 Å². The summed E-state index contributed by atoms with van der Waals surface area (Å²) < 4.78 is 21.2. The van der Waals surface area contributed by atoms with Crippen molar-refractivity contribution >= 4 is 11.9 Å². The fraction of sp³-hybridized carbons (Fsp3) is 0.588. The third-order valence-electron chi connectivity index (χ3n) is 7.13. The fourth-order valence-electron chi connectivity index (χ4n) is 4.91. The van der Waals surface area contributed by atoms with Crippen molar-refractivity contribution in [1.29, 1.82) is 0 Å². The summed E-state index contributed by atoms with van der Waals surface area (Å²) in [5, 5.41) is 42.1. The van der Waals surface area contributed by atoms with Gasteiger partial charge in [-0.3, -0.25) is 9.59 Å². The third-order valence-corrected chi connectivity index (χ3v) is 7.13. The highest BCUT2D eigenvalue weighted by molar-refractivity contribution is 5.70. The van der Waals surface area contributed by atoms with Gasteiger partial charge in [0.1, 0.15) is 36.2 Å². The first-order valence-corrected chi connectivity index (χ1v) is 15.0. The molecule has 2 rings (SSSR count). The van der Waals surface area contributed by atoms with E-state index in [2.05, 4.69) is 0 Å². The van der Waals surface area contributed by atoms with Crippen LogP contribution in [0.5, 0.6) is 23.0 Å². The number of carbonyl (C=O) groups excluding carboxylic acids is 2. The smallest absolute Gasteiger partial charge is 0.306 e. The van der Waals surface area contributed by atoms with Gasteiger partial charge in [0, 0.05) is 24.0 Å². The van der Waals surface area contributed by atoms with Crippen LogP contribution in [0, 0.1) is 13.8 Å². The molecule has 0 aliphatic rings. The van der Waals surface area contributed by atoms with Crippen molar-refractivity contribution < 1.29 is 49.0 Å². The Labute approximate surface area is 260 Å². The van der Waals surface area contributed by atoms with Crippen molar-refractivity contribution in [3.63, 3.8) is 0 Å². The average molecular weight is 619 g/mol. The van der Waals surface area contributed by atoms with Gasteiger partial charge in [-0.15, -0.1) is 0 Å². The number of esters is 2. The molecule has 0 aromatic heterocycles.